The Morgan fingerprint density at radius 1 is 1.45 bits per heavy atom. The molecule has 56 valence electrons. The minimum absolute atomic E-state index is 0.0301. The van der Waals surface area contributed by atoms with Crippen molar-refractivity contribution in [1.82, 2.24) is 4.37 Å². The Hall–Kier alpha value is -0.800. The highest BCUT2D eigenvalue weighted by atomic mass is 35.5. The number of benzene rings is 1. The molecule has 2 nitrogen and oxygen atoms in total. The fraction of sp³-hybridized carbons (Fsp3) is 0. The van der Waals surface area contributed by atoms with Crippen molar-refractivity contribution in [3.05, 3.63) is 32.8 Å². The molecule has 0 spiro atoms. The normalized spacial score (nSPS) is 10.6. The number of halogens is 1. The first-order valence-corrected chi connectivity index (χ1v) is 4.23. The van der Waals surface area contributed by atoms with Crippen molar-refractivity contribution in [2.45, 2.75) is 0 Å². The van der Waals surface area contributed by atoms with Crippen LogP contribution in [0, 0.1) is 0 Å². The van der Waals surface area contributed by atoms with Crippen LogP contribution in [0.25, 0.3) is 10.9 Å². The molecule has 11 heavy (non-hydrogen) atoms. The average molecular weight is 186 g/mol. The molecule has 0 saturated carbocycles. The highest BCUT2D eigenvalue weighted by Crippen LogP contribution is 2.15. The largest absolute Gasteiger partial charge is 0.307 e. The zero-order valence-corrected chi connectivity index (χ0v) is 7.00. The topological polar surface area (TPSA) is 32.9 Å². The maximum atomic E-state index is 11.1. The van der Waals surface area contributed by atoms with Crippen molar-refractivity contribution in [2.75, 3.05) is 0 Å². The second-order valence-corrected chi connectivity index (χ2v) is 3.40. The van der Waals surface area contributed by atoms with Crippen LogP contribution in [-0.2, 0) is 0 Å². The molecule has 0 bridgehead atoms. The van der Waals surface area contributed by atoms with Crippen LogP contribution in [0.1, 0.15) is 0 Å². The SMILES string of the molecule is O=c1s[nH]c2ccc(Cl)cc12. The van der Waals surface area contributed by atoms with Gasteiger partial charge in [0.15, 0.2) is 0 Å². The van der Waals surface area contributed by atoms with Crippen molar-refractivity contribution < 1.29 is 0 Å². The molecular weight excluding hydrogens is 182 g/mol. The Bertz CT molecular complexity index is 445. The van der Waals surface area contributed by atoms with E-state index >= 15 is 0 Å². The number of aromatic nitrogens is 1. The Morgan fingerprint density at radius 3 is 3.09 bits per heavy atom. The summed E-state index contributed by atoms with van der Waals surface area (Å²) in [6.07, 6.45) is 0. The van der Waals surface area contributed by atoms with Crippen LogP contribution < -0.4 is 4.74 Å². The third-order valence-electron chi connectivity index (χ3n) is 1.46. The quantitative estimate of drug-likeness (QED) is 0.671. The summed E-state index contributed by atoms with van der Waals surface area (Å²) in [6, 6.07) is 5.23. The van der Waals surface area contributed by atoms with Gasteiger partial charge in [0.2, 0.25) is 0 Å². The number of hydrogen-bond donors (Lipinski definition) is 1. The minimum Gasteiger partial charge on any atom is -0.307 e. The number of nitrogens with one attached hydrogen (secondary N) is 1. The molecule has 0 unspecified atom stereocenters. The van der Waals surface area contributed by atoms with Crippen LogP contribution in [0.3, 0.4) is 0 Å². The molecule has 0 radical (unpaired) electrons. The van der Waals surface area contributed by atoms with Crippen LogP contribution in [0.2, 0.25) is 5.02 Å². The van der Waals surface area contributed by atoms with Gasteiger partial charge in [-0.2, -0.15) is 0 Å². The molecule has 4 heteroatoms. The lowest BCUT2D eigenvalue weighted by molar-refractivity contribution is 1.66. The zero-order valence-electron chi connectivity index (χ0n) is 5.43. The molecule has 2 rings (SSSR count). The van der Waals surface area contributed by atoms with Crippen molar-refractivity contribution in [3.8, 4) is 0 Å². The molecule has 0 aliphatic carbocycles. The van der Waals surface area contributed by atoms with Crippen LogP contribution in [0.15, 0.2) is 23.0 Å². The lowest BCUT2D eigenvalue weighted by atomic mass is 10.3. The first kappa shape index (κ1) is 6.88. The standard InChI is InChI=1S/C7H4ClNOS/c8-4-1-2-6-5(3-4)7(10)11-9-6/h1-3,9H. The van der Waals surface area contributed by atoms with Crippen LogP contribution in [0.4, 0.5) is 0 Å². The number of H-pyrrole nitrogens is 1. The molecule has 1 heterocycles. The molecule has 1 aromatic carbocycles. The monoisotopic (exact) mass is 185 g/mol. The van der Waals surface area contributed by atoms with E-state index in [0.29, 0.717) is 10.4 Å². The highest BCUT2D eigenvalue weighted by molar-refractivity contribution is 7.04. The molecule has 0 saturated heterocycles. The van der Waals surface area contributed by atoms with E-state index in [2.05, 4.69) is 4.37 Å². The van der Waals surface area contributed by atoms with Gasteiger partial charge < -0.3 is 4.37 Å². The van der Waals surface area contributed by atoms with Crippen molar-refractivity contribution >= 4 is 34.0 Å². The second-order valence-electron chi connectivity index (χ2n) is 2.18. The average Bonchev–Trinajstić information content (AvgIpc) is 2.33. The molecular formula is C7H4ClNOS. The summed E-state index contributed by atoms with van der Waals surface area (Å²) >= 11 is 6.79. The molecule has 0 amide bonds. The van der Waals surface area contributed by atoms with E-state index < -0.39 is 0 Å². The second kappa shape index (κ2) is 2.36. The zero-order chi connectivity index (χ0) is 7.84. The smallest absolute Gasteiger partial charge is 0.257 e. The molecule has 1 N–H and O–H groups in total. The van der Waals surface area contributed by atoms with E-state index in [1.54, 1.807) is 18.2 Å². The summed E-state index contributed by atoms with van der Waals surface area (Å²) in [5.41, 5.74) is 0.851. The van der Waals surface area contributed by atoms with E-state index in [-0.39, 0.29) is 4.74 Å². The molecule has 1 aromatic heterocycles. The summed E-state index contributed by atoms with van der Waals surface area (Å²) in [5, 5.41) is 1.27. The van der Waals surface area contributed by atoms with Gasteiger partial charge in [-0.1, -0.05) is 11.6 Å². The van der Waals surface area contributed by atoms with Crippen molar-refractivity contribution in [3.63, 3.8) is 0 Å². The van der Waals surface area contributed by atoms with Gasteiger partial charge >= 0.3 is 0 Å². The fourth-order valence-electron chi connectivity index (χ4n) is 0.931. The first-order valence-electron chi connectivity index (χ1n) is 3.04. The molecule has 0 aliphatic heterocycles. The van der Waals surface area contributed by atoms with E-state index in [4.69, 9.17) is 11.6 Å². The Kier molecular flexibility index (Phi) is 1.47. The van der Waals surface area contributed by atoms with Gasteiger partial charge in [0, 0.05) is 5.02 Å². The fourth-order valence-corrected chi connectivity index (χ4v) is 1.76. The van der Waals surface area contributed by atoms with Gasteiger partial charge in [-0.05, 0) is 29.7 Å². The molecule has 0 fully saturated rings. The molecule has 0 aliphatic rings. The van der Waals surface area contributed by atoms with Gasteiger partial charge in [0.1, 0.15) is 0 Å². The predicted molar refractivity (Wildman–Crippen MR) is 47.5 cm³/mol. The molecule has 0 atom stereocenters. The first-order chi connectivity index (χ1) is 5.27. The lowest BCUT2D eigenvalue weighted by Crippen LogP contribution is -1.86. The number of rotatable bonds is 0. The Balaban J connectivity index is 2.99. The van der Waals surface area contributed by atoms with Gasteiger partial charge in [-0.15, -0.1) is 0 Å². The van der Waals surface area contributed by atoms with Gasteiger partial charge in [0.25, 0.3) is 4.74 Å². The van der Waals surface area contributed by atoms with Crippen molar-refractivity contribution in [1.29, 1.82) is 0 Å². The maximum Gasteiger partial charge on any atom is 0.257 e. The van der Waals surface area contributed by atoms with E-state index in [9.17, 15) is 4.79 Å². The summed E-state index contributed by atoms with van der Waals surface area (Å²) in [6.45, 7) is 0. The summed E-state index contributed by atoms with van der Waals surface area (Å²) in [5.74, 6) is 0. The van der Waals surface area contributed by atoms with Gasteiger partial charge in [-0.25, -0.2) is 0 Å². The third-order valence-corrected chi connectivity index (χ3v) is 2.42. The van der Waals surface area contributed by atoms with Crippen LogP contribution >= 0.6 is 23.1 Å². The Morgan fingerprint density at radius 2 is 2.27 bits per heavy atom. The Labute approximate surface area is 71.6 Å². The van der Waals surface area contributed by atoms with E-state index in [0.717, 1.165) is 17.0 Å². The van der Waals surface area contributed by atoms with Crippen LogP contribution in [0.5, 0.6) is 0 Å². The van der Waals surface area contributed by atoms with Gasteiger partial charge in [0.05, 0.1) is 10.9 Å². The maximum absolute atomic E-state index is 11.1. The third kappa shape index (κ3) is 1.06. The minimum atomic E-state index is 0.0301. The molecule has 2 aromatic rings. The number of aromatic amines is 1. The lowest BCUT2D eigenvalue weighted by Gasteiger charge is -1.87. The van der Waals surface area contributed by atoms with Crippen molar-refractivity contribution in [2.24, 2.45) is 0 Å². The summed E-state index contributed by atoms with van der Waals surface area (Å²) in [4.78, 5) is 11.1. The summed E-state index contributed by atoms with van der Waals surface area (Å²) in [7, 11) is 0. The van der Waals surface area contributed by atoms with Crippen LogP contribution in [-0.4, -0.2) is 4.37 Å². The predicted octanol–water partition coefficient (Wildman–Crippen LogP) is 2.24. The van der Waals surface area contributed by atoms with E-state index in [1.165, 1.54) is 0 Å². The van der Waals surface area contributed by atoms with Gasteiger partial charge in [-0.3, -0.25) is 4.79 Å². The summed E-state index contributed by atoms with van der Waals surface area (Å²) < 4.78 is 2.92. The van der Waals surface area contributed by atoms with E-state index in [1.807, 2.05) is 0 Å². The highest BCUT2D eigenvalue weighted by Gasteiger charge is 1.99. The number of hydrogen-bond acceptors (Lipinski definition) is 2. The number of fused-ring (bicyclic) bond motifs is 1.